The third kappa shape index (κ3) is 8.14. The number of rotatable bonds is 11. The van der Waals surface area contributed by atoms with Crippen molar-refractivity contribution in [2.24, 2.45) is 11.7 Å². The summed E-state index contributed by atoms with van der Waals surface area (Å²) in [6, 6.07) is 4.95. The van der Waals surface area contributed by atoms with Gasteiger partial charge in [-0.3, -0.25) is 14.5 Å². The predicted molar refractivity (Wildman–Crippen MR) is 136 cm³/mol. The molecule has 2 aliphatic rings. The molecule has 1 atom stereocenters. The van der Waals surface area contributed by atoms with Gasteiger partial charge >= 0.3 is 0 Å². The molecule has 2 saturated heterocycles. The van der Waals surface area contributed by atoms with Crippen LogP contribution in [0.1, 0.15) is 32.6 Å². The number of piperidine rings is 1. The van der Waals surface area contributed by atoms with Gasteiger partial charge in [-0.15, -0.1) is 0 Å². The topological polar surface area (TPSA) is 134 Å². The van der Waals surface area contributed by atoms with Crippen LogP contribution in [0.2, 0.25) is 0 Å². The second-order valence-electron chi connectivity index (χ2n) is 9.10. The van der Waals surface area contributed by atoms with E-state index in [-0.39, 0.29) is 29.2 Å². The van der Waals surface area contributed by atoms with E-state index in [0.29, 0.717) is 55.9 Å². The Kier molecular flexibility index (Phi) is 10.3. The highest BCUT2D eigenvalue weighted by molar-refractivity contribution is 9.10. The number of halogens is 1. The molecule has 2 aliphatic heterocycles. The van der Waals surface area contributed by atoms with E-state index in [1.807, 2.05) is 0 Å². The zero-order valence-electron chi connectivity index (χ0n) is 20.2. The van der Waals surface area contributed by atoms with Gasteiger partial charge in [0.05, 0.1) is 9.37 Å². The molecule has 12 heteroatoms. The molecule has 3 rings (SSSR count). The summed E-state index contributed by atoms with van der Waals surface area (Å²) >= 11 is 3.48. The van der Waals surface area contributed by atoms with E-state index < -0.39 is 15.9 Å². The van der Waals surface area contributed by atoms with Crippen LogP contribution in [-0.2, 0) is 19.6 Å². The Labute approximate surface area is 216 Å². The molecule has 1 aromatic carbocycles. The van der Waals surface area contributed by atoms with Crippen LogP contribution in [0, 0.1) is 5.92 Å². The molecule has 2 fully saturated rings. The molecule has 2 heterocycles. The number of carbonyl (C=O) groups excluding carboxylic acids is 2. The number of benzene rings is 1. The number of carbonyl (C=O) groups is 2. The molecular formula is C23H36BrN5O5S. The number of primary amides is 1. The van der Waals surface area contributed by atoms with Crippen molar-refractivity contribution in [1.82, 2.24) is 19.8 Å². The summed E-state index contributed by atoms with van der Waals surface area (Å²) in [5.74, 6) is -0.182. The van der Waals surface area contributed by atoms with E-state index in [0.717, 1.165) is 25.9 Å². The average Bonchev–Trinajstić information content (AvgIpc) is 2.84. The highest BCUT2D eigenvalue weighted by Gasteiger charge is 2.29. The lowest BCUT2D eigenvalue weighted by atomic mass is 10.1. The van der Waals surface area contributed by atoms with Gasteiger partial charge in [0.2, 0.25) is 21.8 Å². The minimum absolute atomic E-state index is 0.113. The van der Waals surface area contributed by atoms with Crippen molar-refractivity contribution < 1.29 is 22.7 Å². The van der Waals surface area contributed by atoms with E-state index in [4.69, 9.17) is 10.5 Å². The molecule has 1 aromatic rings. The van der Waals surface area contributed by atoms with E-state index >= 15 is 0 Å². The molecule has 35 heavy (non-hydrogen) atoms. The third-order valence-electron chi connectivity index (χ3n) is 6.49. The number of nitrogens with two attached hydrogens (primary N) is 1. The van der Waals surface area contributed by atoms with E-state index in [1.54, 1.807) is 25.1 Å². The lowest BCUT2D eigenvalue weighted by Gasteiger charge is -2.34. The monoisotopic (exact) mass is 573 g/mol. The van der Waals surface area contributed by atoms with Crippen LogP contribution in [0.25, 0.3) is 0 Å². The van der Waals surface area contributed by atoms with Crippen molar-refractivity contribution in [3.8, 4) is 5.75 Å². The van der Waals surface area contributed by atoms with E-state index in [1.165, 1.54) is 4.31 Å². The minimum atomic E-state index is -3.61. The maximum absolute atomic E-state index is 13.2. The lowest BCUT2D eigenvalue weighted by Crippen LogP contribution is -2.50. The summed E-state index contributed by atoms with van der Waals surface area (Å²) in [5.41, 5.74) is 5.21. The van der Waals surface area contributed by atoms with Crippen LogP contribution >= 0.6 is 15.9 Å². The normalized spacial score (nSPS) is 19.3. The molecule has 0 aromatic heterocycles. The molecule has 0 bridgehead atoms. The summed E-state index contributed by atoms with van der Waals surface area (Å²) in [6.45, 7) is 6.61. The molecule has 0 spiro atoms. The van der Waals surface area contributed by atoms with Crippen molar-refractivity contribution in [1.29, 1.82) is 0 Å². The van der Waals surface area contributed by atoms with Gasteiger partial charge < -0.3 is 21.1 Å². The number of nitrogens with zero attached hydrogens (tertiary/aromatic N) is 2. The van der Waals surface area contributed by atoms with Gasteiger partial charge in [-0.1, -0.05) is 6.92 Å². The maximum Gasteiger partial charge on any atom is 0.243 e. The van der Waals surface area contributed by atoms with E-state index in [9.17, 15) is 18.0 Å². The highest BCUT2D eigenvalue weighted by Crippen LogP contribution is 2.31. The maximum atomic E-state index is 13.2. The molecule has 4 N–H and O–H groups in total. The Bertz CT molecular complexity index is 979. The molecule has 0 radical (unpaired) electrons. The van der Waals surface area contributed by atoms with Crippen LogP contribution in [0.4, 0.5) is 0 Å². The first kappa shape index (κ1) is 27.9. The summed E-state index contributed by atoms with van der Waals surface area (Å²) in [4.78, 5) is 25.4. The quantitative estimate of drug-likeness (QED) is 0.358. The molecule has 10 nitrogen and oxygen atoms in total. The number of amides is 2. The second-order valence-corrected chi connectivity index (χ2v) is 11.9. The molecule has 0 saturated carbocycles. The van der Waals surface area contributed by atoms with Gasteiger partial charge in [-0.25, -0.2) is 8.42 Å². The Morgan fingerprint density at radius 2 is 1.91 bits per heavy atom. The Morgan fingerprint density at radius 1 is 1.23 bits per heavy atom. The number of ether oxygens (including phenoxy) is 1. The Hall–Kier alpha value is -1.73. The minimum Gasteiger partial charge on any atom is -0.489 e. The van der Waals surface area contributed by atoms with Crippen LogP contribution in [0.5, 0.6) is 5.75 Å². The number of piperazine rings is 1. The first-order valence-electron chi connectivity index (χ1n) is 12.1. The first-order chi connectivity index (χ1) is 16.7. The molecule has 0 aliphatic carbocycles. The van der Waals surface area contributed by atoms with Gasteiger partial charge in [0, 0.05) is 51.6 Å². The number of nitrogens with one attached hydrogen (secondary N) is 2. The van der Waals surface area contributed by atoms with Crippen LogP contribution < -0.4 is 21.1 Å². The smallest absolute Gasteiger partial charge is 0.243 e. The average molecular weight is 575 g/mol. The standard InChI is InChI=1S/C23H36BrN5O5S/c1-17(23(25)31)2-5-22(30)27-10-11-28-12-14-29(15-13-28)35(32,33)19-3-4-21(20(24)16-19)34-18-6-8-26-9-7-18/h3-4,16-18,26H,2,5-15H2,1H3,(H2,25,31)(H,27,30)/t17-/m0/s1. The number of hydrogen-bond acceptors (Lipinski definition) is 7. The van der Waals surface area contributed by atoms with Crippen LogP contribution in [-0.4, -0.2) is 87.9 Å². The van der Waals surface area contributed by atoms with Crippen LogP contribution in [0.3, 0.4) is 0 Å². The SMILES string of the molecule is C[C@@H](CCC(=O)NCCN1CCN(S(=O)(=O)c2ccc(OC3CCNCC3)c(Br)c2)CC1)C(N)=O. The summed E-state index contributed by atoms with van der Waals surface area (Å²) in [5, 5.41) is 6.15. The molecular weight excluding hydrogens is 538 g/mol. The summed E-state index contributed by atoms with van der Waals surface area (Å²) < 4.78 is 34.5. The third-order valence-corrected chi connectivity index (χ3v) is 9.01. The fourth-order valence-corrected chi connectivity index (χ4v) is 6.18. The largest absolute Gasteiger partial charge is 0.489 e. The molecule has 2 amide bonds. The second kappa shape index (κ2) is 13.0. The van der Waals surface area contributed by atoms with Crippen molar-refractivity contribution in [3.05, 3.63) is 22.7 Å². The fourth-order valence-electron chi connectivity index (χ4n) is 4.10. The van der Waals surface area contributed by atoms with Crippen LogP contribution in [0.15, 0.2) is 27.6 Å². The number of sulfonamides is 1. The lowest BCUT2D eigenvalue weighted by molar-refractivity contribution is -0.123. The fraction of sp³-hybridized carbons (Fsp3) is 0.652. The van der Waals surface area contributed by atoms with Gasteiger partial charge in [0.15, 0.2) is 0 Å². The van der Waals surface area contributed by atoms with Gasteiger partial charge in [0.25, 0.3) is 0 Å². The van der Waals surface area contributed by atoms with Crippen molar-refractivity contribution in [2.75, 3.05) is 52.4 Å². The summed E-state index contributed by atoms with van der Waals surface area (Å²) in [6.07, 6.45) is 2.67. The number of hydrogen-bond donors (Lipinski definition) is 3. The first-order valence-corrected chi connectivity index (χ1v) is 14.4. The zero-order valence-corrected chi connectivity index (χ0v) is 22.6. The van der Waals surface area contributed by atoms with Crippen molar-refractivity contribution in [2.45, 2.75) is 43.6 Å². The van der Waals surface area contributed by atoms with Gasteiger partial charge in [-0.05, 0) is 66.5 Å². The van der Waals surface area contributed by atoms with Gasteiger partial charge in [0.1, 0.15) is 11.9 Å². The zero-order chi connectivity index (χ0) is 25.4. The van der Waals surface area contributed by atoms with Gasteiger partial charge in [-0.2, -0.15) is 4.31 Å². The Morgan fingerprint density at radius 3 is 2.54 bits per heavy atom. The molecule has 0 unspecified atom stereocenters. The van der Waals surface area contributed by atoms with Crippen molar-refractivity contribution in [3.63, 3.8) is 0 Å². The summed E-state index contributed by atoms with van der Waals surface area (Å²) in [7, 11) is -3.61. The highest BCUT2D eigenvalue weighted by atomic mass is 79.9. The predicted octanol–water partition coefficient (Wildman–Crippen LogP) is 0.904. The van der Waals surface area contributed by atoms with Crippen molar-refractivity contribution >= 4 is 37.8 Å². The van der Waals surface area contributed by atoms with E-state index in [2.05, 4.69) is 31.5 Å². The molecule has 196 valence electrons. The Balaban J connectivity index is 1.44.